The summed E-state index contributed by atoms with van der Waals surface area (Å²) in [7, 11) is 0. The molecule has 4 rings (SSSR count). The van der Waals surface area contributed by atoms with Crippen LogP contribution in [0.3, 0.4) is 0 Å². The summed E-state index contributed by atoms with van der Waals surface area (Å²) >= 11 is 0. The van der Waals surface area contributed by atoms with Crippen molar-refractivity contribution in [3.63, 3.8) is 0 Å². The van der Waals surface area contributed by atoms with E-state index in [1.807, 2.05) is 26.0 Å². The third-order valence-corrected chi connectivity index (χ3v) is 4.94. The highest BCUT2D eigenvalue weighted by molar-refractivity contribution is 5.75. The Morgan fingerprint density at radius 3 is 2.82 bits per heavy atom. The fourth-order valence-corrected chi connectivity index (χ4v) is 3.55. The highest BCUT2D eigenvalue weighted by Gasteiger charge is 2.15. The summed E-state index contributed by atoms with van der Waals surface area (Å²) < 4.78 is 17.6. The van der Waals surface area contributed by atoms with Crippen molar-refractivity contribution in [2.24, 2.45) is 0 Å². The zero-order valence-corrected chi connectivity index (χ0v) is 16.2. The van der Waals surface area contributed by atoms with E-state index in [1.54, 1.807) is 18.3 Å². The van der Waals surface area contributed by atoms with Gasteiger partial charge in [0.1, 0.15) is 11.5 Å². The van der Waals surface area contributed by atoms with E-state index in [9.17, 15) is 4.79 Å². The van der Waals surface area contributed by atoms with Gasteiger partial charge in [-0.25, -0.2) is 4.98 Å². The molecule has 1 aliphatic rings. The van der Waals surface area contributed by atoms with Gasteiger partial charge in [0.05, 0.1) is 24.7 Å². The molecule has 6 nitrogen and oxygen atoms in total. The monoisotopic (exact) mass is 380 g/mol. The van der Waals surface area contributed by atoms with E-state index < -0.39 is 0 Å². The Bertz CT molecular complexity index is 1020. The fraction of sp³-hybridized carbons (Fsp3) is 0.364. The van der Waals surface area contributed by atoms with E-state index in [0.717, 1.165) is 48.6 Å². The van der Waals surface area contributed by atoms with Crippen LogP contribution in [0.1, 0.15) is 17.5 Å². The minimum absolute atomic E-state index is 0.0962. The molecule has 6 heteroatoms. The smallest absolute Gasteiger partial charge is 0.230 e. The van der Waals surface area contributed by atoms with Gasteiger partial charge >= 0.3 is 0 Å². The van der Waals surface area contributed by atoms with Crippen LogP contribution in [0.15, 0.2) is 45.7 Å². The molecule has 1 fully saturated rings. The molecule has 0 bridgehead atoms. The van der Waals surface area contributed by atoms with Gasteiger partial charge in [0.15, 0.2) is 5.43 Å². The number of benzene rings is 1. The Morgan fingerprint density at radius 1 is 1.25 bits per heavy atom. The molecule has 0 aliphatic carbocycles. The minimum Gasteiger partial charge on any atom is -0.493 e. The van der Waals surface area contributed by atoms with Gasteiger partial charge in [0.25, 0.3) is 0 Å². The van der Waals surface area contributed by atoms with Crippen LogP contribution in [-0.4, -0.2) is 37.4 Å². The molecule has 3 aromatic rings. The number of aromatic nitrogens is 1. The molecule has 0 saturated carbocycles. The molecule has 1 aromatic carbocycles. The molecular weight excluding hydrogens is 356 g/mol. The van der Waals surface area contributed by atoms with Crippen molar-refractivity contribution in [1.29, 1.82) is 0 Å². The molecule has 1 saturated heterocycles. The third kappa shape index (κ3) is 3.93. The molecule has 1 unspecified atom stereocenters. The van der Waals surface area contributed by atoms with E-state index in [1.165, 1.54) is 6.07 Å². The molecule has 3 heterocycles. The first-order valence-electron chi connectivity index (χ1n) is 9.57. The minimum atomic E-state index is -0.0962. The van der Waals surface area contributed by atoms with Crippen LogP contribution in [-0.2, 0) is 4.74 Å². The predicted octanol–water partition coefficient (Wildman–Crippen LogP) is 3.23. The molecule has 28 heavy (non-hydrogen) atoms. The topological polar surface area (TPSA) is 73.6 Å². The largest absolute Gasteiger partial charge is 0.493 e. The third-order valence-electron chi connectivity index (χ3n) is 4.94. The summed E-state index contributed by atoms with van der Waals surface area (Å²) in [6.45, 7) is 7.14. The highest BCUT2D eigenvalue weighted by Crippen LogP contribution is 2.30. The number of ether oxygens (including phenoxy) is 2. The van der Waals surface area contributed by atoms with E-state index in [-0.39, 0.29) is 11.5 Å². The molecule has 1 aliphatic heterocycles. The molecule has 146 valence electrons. The average Bonchev–Trinajstić information content (AvgIpc) is 2.70. The molecule has 1 atom stereocenters. The van der Waals surface area contributed by atoms with Gasteiger partial charge < -0.3 is 19.2 Å². The number of morpholine rings is 1. The Hall–Kier alpha value is -2.70. The van der Waals surface area contributed by atoms with Crippen LogP contribution in [0.2, 0.25) is 0 Å². The van der Waals surface area contributed by atoms with Crippen molar-refractivity contribution in [1.82, 2.24) is 10.3 Å². The predicted molar refractivity (Wildman–Crippen MR) is 108 cm³/mol. The van der Waals surface area contributed by atoms with Crippen molar-refractivity contribution in [3.8, 4) is 17.1 Å². The first-order valence-corrected chi connectivity index (χ1v) is 9.57. The second kappa shape index (κ2) is 8.12. The number of nitrogens with zero attached hydrogens (tertiary/aromatic N) is 1. The van der Waals surface area contributed by atoms with Gasteiger partial charge in [-0.3, -0.25) is 4.79 Å². The molecular formula is C22H24N2O4. The normalized spacial score (nSPS) is 17.0. The van der Waals surface area contributed by atoms with Crippen molar-refractivity contribution < 1.29 is 13.9 Å². The summed E-state index contributed by atoms with van der Waals surface area (Å²) in [5.41, 5.74) is 3.09. The quantitative estimate of drug-likeness (QED) is 0.733. The van der Waals surface area contributed by atoms with Gasteiger partial charge in [0, 0.05) is 37.3 Å². The van der Waals surface area contributed by atoms with E-state index in [4.69, 9.17) is 13.9 Å². The number of hydrogen-bond donors (Lipinski definition) is 1. The molecule has 1 N–H and O–H groups in total. The van der Waals surface area contributed by atoms with Crippen LogP contribution >= 0.6 is 0 Å². The van der Waals surface area contributed by atoms with Crippen molar-refractivity contribution >= 4 is 11.1 Å². The van der Waals surface area contributed by atoms with Gasteiger partial charge in [-0.2, -0.15) is 0 Å². The van der Waals surface area contributed by atoms with Crippen LogP contribution in [0.25, 0.3) is 22.4 Å². The van der Waals surface area contributed by atoms with E-state index in [0.29, 0.717) is 23.5 Å². The van der Waals surface area contributed by atoms with Gasteiger partial charge in [0.2, 0.25) is 5.71 Å². The first-order chi connectivity index (χ1) is 13.6. The summed E-state index contributed by atoms with van der Waals surface area (Å²) in [4.78, 5) is 16.5. The lowest BCUT2D eigenvalue weighted by molar-refractivity contribution is 0.0158. The SMILES string of the molecule is Cc1cc(-c2cc(=O)c3cccnc3o2)cc(C)c1OCCC1CNCCO1. The lowest BCUT2D eigenvalue weighted by Crippen LogP contribution is -2.39. The number of pyridine rings is 1. The van der Waals surface area contributed by atoms with Crippen LogP contribution < -0.4 is 15.5 Å². The van der Waals surface area contributed by atoms with Crippen LogP contribution in [0, 0.1) is 13.8 Å². The fourth-order valence-electron chi connectivity index (χ4n) is 3.55. The van der Waals surface area contributed by atoms with Crippen LogP contribution in [0.4, 0.5) is 0 Å². The van der Waals surface area contributed by atoms with Crippen molar-refractivity contribution in [2.75, 3.05) is 26.3 Å². The maximum Gasteiger partial charge on any atom is 0.230 e. The summed E-state index contributed by atoms with van der Waals surface area (Å²) in [6.07, 6.45) is 2.67. The number of hydrogen-bond acceptors (Lipinski definition) is 6. The Balaban J connectivity index is 1.54. The molecule has 2 aromatic heterocycles. The maximum atomic E-state index is 12.4. The highest BCUT2D eigenvalue weighted by atomic mass is 16.5. The first kappa shape index (κ1) is 18.7. The average molecular weight is 380 g/mol. The number of fused-ring (bicyclic) bond motifs is 1. The zero-order valence-electron chi connectivity index (χ0n) is 16.2. The van der Waals surface area contributed by atoms with Gasteiger partial charge in [-0.05, 0) is 49.2 Å². The lowest BCUT2D eigenvalue weighted by atomic mass is 10.0. The van der Waals surface area contributed by atoms with Gasteiger partial charge in [-0.15, -0.1) is 0 Å². The van der Waals surface area contributed by atoms with Crippen molar-refractivity contribution in [3.05, 3.63) is 57.9 Å². The summed E-state index contributed by atoms with van der Waals surface area (Å²) in [5.74, 6) is 1.38. The summed E-state index contributed by atoms with van der Waals surface area (Å²) in [5, 5.41) is 3.81. The number of rotatable bonds is 5. The second-order valence-electron chi connectivity index (χ2n) is 7.10. The number of nitrogens with one attached hydrogen (secondary N) is 1. The van der Waals surface area contributed by atoms with Crippen LogP contribution in [0.5, 0.6) is 5.75 Å². The van der Waals surface area contributed by atoms with E-state index in [2.05, 4.69) is 10.3 Å². The maximum absolute atomic E-state index is 12.4. The zero-order chi connectivity index (χ0) is 19.5. The van der Waals surface area contributed by atoms with E-state index >= 15 is 0 Å². The number of aryl methyl sites for hydroxylation is 2. The van der Waals surface area contributed by atoms with Crippen molar-refractivity contribution in [2.45, 2.75) is 26.4 Å². The molecule has 0 amide bonds. The molecule has 0 spiro atoms. The molecule has 0 radical (unpaired) electrons. The lowest BCUT2D eigenvalue weighted by Gasteiger charge is -2.24. The standard InChI is InChI=1S/C22H24N2O4/c1-14-10-16(20-12-19(25)18-4-3-6-24-22(18)28-20)11-15(2)21(14)27-8-5-17-13-23-7-9-26-17/h3-4,6,10-12,17,23H,5,7-9,13H2,1-2H3. The summed E-state index contributed by atoms with van der Waals surface area (Å²) in [6, 6.07) is 8.93. The Morgan fingerprint density at radius 2 is 2.07 bits per heavy atom. The second-order valence-corrected chi connectivity index (χ2v) is 7.10. The van der Waals surface area contributed by atoms with Gasteiger partial charge in [-0.1, -0.05) is 0 Å². The Labute approximate surface area is 163 Å². The Kier molecular flexibility index (Phi) is 5.41.